The van der Waals surface area contributed by atoms with Crippen molar-refractivity contribution in [2.24, 2.45) is 0 Å². The van der Waals surface area contributed by atoms with Gasteiger partial charge in [0.15, 0.2) is 5.83 Å². The lowest BCUT2D eigenvalue weighted by Crippen LogP contribution is -2.33. The summed E-state index contributed by atoms with van der Waals surface area (Å²) in [5, 5.41) is -5.09. The quantitative estimate of drug-likeness (QED) is 0.557. The zero-order valence-electron chi connectivity index (χ0n) is 13.9. The van der Waals surface area contributed by atoms with Crippen LogP contribution in [0.25, 0.3) is 0 Å². The molecule has 1 heterocycles. The van der Waals surface area contributed by atoms with E-state index in [1.165, 1.54) is 24.3 Å². The molecule has 0 saturated heterocycles. The van der Waals surface area contributed by atoms with Gasteiger partial charge < -0.3 is 0 Å². The Hall–Kier alpha value is -3.01. The van der Waals surface area contributed by atoms with E-state index in [1.54, 1.807) is 0 Å². The summed E-state index contributed by atoms with van der Waals surface area (Å²) in [4.78, 5) is 23.4. The highest BCUT2D eigenvalue weighted by Crippen LogP contribution is 2.37. The number of rotatable bonds is 5. The van der Waals surface area contributed by atoms with Gasteiger partial charge in [0.1, 0.15) is 10.7 Å². The van der Waals surface area contributed by atoms with Crippen LogP contribution in [0.1, 0.15) is 20.7 Å². The van der Waals surface area contributed by atoms with Crippen LogP contribution in [0.2, 0.25) is 0 Å². The van der Waals surface area contributed by atoms with Crippen LogP contribution in [0, 0.1) is 5.82 Å². The maximum Gasteiger partial charge on any atom is 0.400 e. The lowest BCUT2D eigenvalue weighted by molar-refractivity contribution is 0.0666. The topological polar surface area (TPSA) is 71.5 Å². The van der Waals surface area contributed by atoms with Crippen LogP contribution in [0.15, 0.2) is 65.3 Å². The SMILES string of the molecule is O=C1c2ccccc2C(=O)N1C/C=C(\F)C(F)(F)S(=O)(=O)c1ccccc1F. The lowest BCUT2D eigenvalue weighted by atomic mass is 10.1. The number of carbonyl (C=O) groups is 2. The third kappa shape index (κ3) is 2.99. The Labute approximate surface area is 156 Å². The second kappa shape index (κ2) is 6.86. The van der Waals surface area contributed by atoms with Gasteiger partial charge in [0, 0.05) is 0 Å². The average molecular weight is 413 g/mol. The van der Waals surface area contributed by atoms with Gasteiger partial charge in [-0.15, -0.1) is 0 Å². The van der Waals surface area contributed by atoms with E-state index in [4.69, 9.17) is 0 Å². The number of imide groups is 1. The first-order chi connectivity index (χ1) is 13.1. The van der Waals surface area contributed by atoms with Crippen molar-refractivity contribution >= 4 is 21.7 Å². The number of fused-ring (bicyclic) bond motifs is 1. The van der Waals surface area contributed by atoms with Gasteiger partial charge in [0.05, 0.1) is 17.7 Å². The summed E-state index contributed by atoms with van der Waals surface area (Å²) < 4.78 is 80.1. The molecule has 2 aromatic carbocycles. The number of carbonyl (C=O) groups excluding carboxylic acids is 2. The molecule has 0 aromatic heterocycles. The predicted octanol–water partition coefficient (Wildman–Crippen LogP) is 3.34. The summed E-state index contributed by atoms with van der Waals surface area (Å²) in [6.07, 6.45) is 0.111. The maximum atomic E-state index is 14.2. The van der Waals surface area contributed by atoms with Crippen LogP contribution in [0.5, 0.6) is 0 Å². The summed E-state index contributed by atoms with van der Waals surface area (Å²) >= 11 is 0. The van der Waals surface area contributed by atoms with E-state index in [-0.39, 0.29) is 17.2 Å². The van der Waals surface area contributed by atoms with E-state index < -0.39 is 50.0 Å². The fraction of sp³-hybridized carbons (Fsp3) is 0.111. The highest BCUT2D eigenvalue weighted by molar-refractivity contribution is 7.92. The van der Waals surface area contributed by atoms with Gasteiger partial charge in [0.25, 0.3) is 21.7 Å². The highest BCUT2D eigenvalue weighted by atomic mass is 32.2. The molecular weight excluding hydrogens is 402 g/mol. The van der Waals surface area contributed by atoms with Crippen LogP contribution < -0.4 is 0 Å². The zero-order valence-corrected chi connectivity index (χ0v) is 14.7. The van der Waals surface area contributed by atoms with Gasteiger partial charge in [-0.2, -0.15) is 8.78 Å². The number of sulfone groups is 1. The number of nitrogens with zero attached hydrogens (tertiary/aromatic N) is 1. The van der Waals surface area contributed by atoms with E-state index in [0.29, 0.717) is 17.0 Å². The van der Waals surface area contributed by atoms with E-state index in [9.17, 15) is 35.6 Å². The van der Waals surface area contributed by atoms with E-state index in [2.05, 4.69) is 0 Å². The number of hydrogen-bond acceptors (Lipinski definition) is 4. The summed E-state index contributed by atoms with van der Waals surface area (Å²) in [5.74, 6) is -5.54. The van der Waals surface area contributed by atoms with Crippen molar-refractivity contribution in [2.75, 3.05) is 6.54 Å². The molecule has 0 fully saturated rings. The van der Waals surface area contributed by atoms with Crippen molar-refractivity contribution in [3.63, 3.8) is 0 Å². The van der Waals surface area contributed by atoms with Gasteiger partial charge >= 0.3 is 5.25 Å². The predicted molar refractivity (Wildman–Crippen MR) is 89.5 cm³/mol. The molecule has 5 nitrogen and oxygen atoms in total. The summed E-state index contributed by atoms with van der Waals surface area (Å²) in [6, 6.07) is 8.96. The summed E-state index contributed by atoms with van der Waals surface area (Å²) in [5.41, 5.74) is 0.0408. The molecule has 0 spiro atoms. The van der Waals surface area contributed by atoms with Crippen molar-refractivity contribution in [3.05, 3.63) is 77.4 Å². The van der Waals surface area contributed by atoms with Crippen LogP contribution in [-0.4, -0.2) is 36.9 Å². The molecule has 0 radical (unpaired) electrons. The van der Waals surface area contributed by atoms with Crippen molar-refractivity contribution in [2.45, 2.75) is 10.2 Å². The number of alkyl halides is 2. The third-order valence-corrected chi connectivity index (χ3v) is 5.85. The van der Waals surface area contributed by atoms with Crippen molar-refractivity contribution in [1.82, 2.24) is 4.90 Å². The molecule has 2 aromatic rings. The van der Waals surface area contributed by atoms with Gasteiger partial charge in [-0.3, -0.25) is 14.5 Å². The Kier molecular flexibility index (Phi) is 4.84. The van der Waals surface area contributed by atoms with Gasteiger partial charge in [-0.25, -0.2) is 17.2 Å². The lowest BCUT2D eigenvalue weighted by Gasteiger charge is -2.17. The Bertz CT molecular complexity index is 1080. The normalized spacial score (nSPS) is 15.1. The van der Waals surface area contributed by atoms with E-state index >= 15 is 0 Å². The molecule has 2 amide bonds. The minimum Gasteiger partial charge on any atom is -0.270 e. The Morgan fingerprint density at radius 2 is 1.46 bits per heavy atom. The molecule has 1 aliphatic heterocycles. The molecule has 1 aliphatic rings. The molecule has 0 atom stereocenters. The summed E-state index contributed by atoms with van der Waals surface area (Å²) in [6.45, 7) is -0.916. The zero-order chi connectivity index (χ0) is 20.7. The molecule has 0 bridgehead atoms. The van der Waals surface area contributed by atoms with Crippen LogP contribution in [0.3, 0.4) is 0 Å². The number of halogens is 4. The Balaban J connectivity index is 1.89. The van der Waals surface area contributed by atoms with E-state index in [1.807, 2.05) is 0 Å². The fourth-order valence-electron chi connectivity index (χ4n) is 2.62. The second-order valence-corrected chi connectivity index (χ2v) is 7.73. The second-order valence-electron chi connectivity index (χ2n) is 5.77. The van der Waals surface area contributed by atoms with Crippen LogP contribution in [-0.2, 0) is 9.84 Å². The highest BCUT2D eigenvalue weighted by Gasteiger charge is 2.51. The molecule has 146 valence electrons. The van der Waals surface area contributed by atoms with Gasteiger partial charge in [0.2, 0.25) is 0 Å². The standard InChI is InChI=1S/C18H11F4NO4S/c19-13-7-3-4-8-14(13)28(26,27)18(21,22)15(20)9-10-23-16(24)11-5-1-2-6-12(11)17(23)25/h1-9H,10H2/b15-9-. The minimum atomic E-state index is -5.73. The van der Waals surface area contributed by atoms with Gasteiger partial charge in [-0.1, -0.05) is 24.3 Å². The first kappa shape index (κ1) is 19.7. The molecule has 0 N–H and O–H groups in total. The molecular formula is C18H11F4NO4S. The van der Waals surface area contributed by atoms with Crippen LogP contribution >= 0.6 is 0 Å². The molecule has 0 saturated carbocycles. The number of amides is 2. The molecule has 28 heavy (non-hydrogen) atoms. The molecule has 3 rings (SSSR count). The first-order valence-electron chi connectivity index (χ1n) is 7.77. The largest absolute Gasteiger partial charge is 0.400 e. The van der Waals surface area contributed by atoms with Crippen molar-refractivity contribution < 1.29 is 35.6 Å². The van der Waals surface area contributed by atoms with Gasteiger partial charge in [-0.05, 0) is 30.3 Å². The minimum absolute atomic E-state index is 0.0204. The third-order valence-electron chi connectivity index (χ3n) is 4.07. The Morgan fingerprint density at radius 3 is 2.00 bits per heavy atom. The first-order valence-corrected chi connectivity index (χ1v) is 9.25. The smallest absolute Gasteiger partial charge is 0.270 e. The molecule has 0 aliphatic carbocycles. The number of benzene rings is 2. The number of hydrogen-bond donors (Lipinski definition) is 0. The maximum absolute atomic E-state index is 14.2. The van der Waals surface area contributed by atoms with E-state index in [0.717, 1.165) is 12.1 Å². The Morgan fingerprint density at radius 1 is 0.964 bits per heavy atom. The van der Waals surface area contributed by atoms with Crippen molar-refractivity contribution in [1.29, 1.82) is 0 Å². The van der Waals surface area contributed by atoms with Crippen LogP contribution in [0.4, 0.5) is 17.6 Å². The molecule has 10 heteroatoms. The monoisotopic (exact) mass is 413 g/mol. The molecule has 0 unspecified atom stereocenters. The fourth-order valence-corrected chi connectivity index (χ4v) is 3.82. The van der Waals surface area contributed by atoms with Crippen molar-refractivity contribution in [3.8, 4) is 0 Å². The summed E-state index contributed by atoms with van der Waals surface area (Å²) in [7, 11) is -5.73. The average Bonchev–Trinajstić information content (AvgIpc) is 2.90.